The Bertz CT molecular complexity index is 985. The Morgan fingerprint density at radius 3 is 1.72 bits per heavy atom. The number of hydrogen-bond donors (Lipinski definition) is 2. The van der Waals surface area contributed by atoms with Gasteiger partial charge in [0.25, 0.3) is 23.4 Å². The zero-order valence-corrected chi connectivity index (χ0v) is 15.7. The molecule has 2 aliphatic heterocycles. The number of Topliss-reactive ketones (excluding diaryl/α,β-unsaturated/α-hetero) is 2. The molecule has 0 aromatic heterocycles. The summed E-state index contributed by atoms with van der Waals surface area (Å²) in [5.74, 6) is -2.10. The average Bonchev–Trinajstić information content (AvgIpc) is 3.10. The van der Waals surface area contributed by atoms with Gasteiger partial charge in [0.2, 0.25) is 0 Å². The van der Waals surface area contributed by atoms with Crippen molar-refractivity contribution in [1.29, 1.82) is 0 Å². The Hall–Kier alpha value is -3.36. The smallest absolute Gasteiger partial charge is 0.299 e. The predicted octanol–water partition coefficient (Wildman–Crippen LogP) is 0.805. The Morgan fingerprint density at radius 2 is 1.24 bits per heavy atom. The largest absolute Gasteiger partial charge is 0.395 e. The second-order valence-electron chi connectivity index (χ2n) is 6.64. The highest BCUT2D eigenvalue weighted by Gasteiger charge is 2.36. The van der Waals surface area contributed by atoms with Crippen LogP contribution >= 0.6 is 0 Å². The van der Waals surface area contributed by atoms with Gasteiger partial charge in [0.05, 0.1) is 41.8 Å². The van der Waals surface area contributed by atoms with Crippen LogP contribution in [0.25, 0.3) is 0 Å². The van der Waals surface area contributed by atoms with Crippen molar-refractivity contribution >= 4 is 34.8 Å². The van der Waals surface area contributed by atoms with E-state index in [-0.39, 0.29) is 19.7 Å². The second kappa shape index (κ2) is 8.34. The summed E-state index contributed by atoms with van der Waals surface area (Å²) in [4.78, 5) is 48.5. The number of aliphatic hydroxyl groups excluding tert-OH is 2. The summed E-state index contributed by atoms with van der Waals surface area (Å²) in [7, 11) is 0. The number of anilines is 2. The van der Waals surface area contributed by atoms with Gasteiger partial charge in [-0.1, -0.05) is 24.3 Å². The van der Waals surface area contributed by atoms with E-state index >= 15 is 0 Å². The van der Waals surface area contributed by atoms with Gasteiger partial charge in [0.1, 0.15) is 0 Å². The van der Waals surface area contributed by atoms with Crippen LogP contribution in [0.2, 0.25) is 0 Å². The van der Waals surface area contributed by atoms with Gasteiger partial charge < -0.3 is 20.0 Å². The topological polar surface area (TPSA) is 115 Å². The van der Waals surface area contributed by atoms with E-state index < -0.39 is 29.5 Å². The minimum absolute atomic E-state index is 0.145. The number of aliphatic hydroxyl groups is 2. The number of carbonyl (C=O) groups is 4. The maximum absolute atomic E-state index is 11.6. The molecule has 0 aliphatic carbocycles. The first kappa shape index (κ1) is 20.4. The van der Waals surface area contributed by atoms with Gasteiger partial charge in [0, 0.05) is 6.54 Å². The molecule has 2 heterocycles. The van der Waals surface area contributed by atoms with Gasteiger partial charge in [-0.05, 0) is 31.2 Å². The van der Waals surface area contributed by atoms with E-state index in [0.29, 0.717) is 22.5 Å². The molecule has 0 radical (unpaired) electrons. The van der Waals surface area contributed by atoms with Crippen molar-refractivity contribution in [2.24, 2.45) is 0 Å². The fourth-order valence-electron chi connectivity index (χ4n) is 3.26. The van der Waals surface area contributed by atoms with Crippen molar-refractivity contribution in [3.63, 3.8) is 0 Å². The van der Waals surface area contributed by atoms with Crippen molar-refractivity contribution in [2.75, 3.05) is 29.5 Å². The van der Waals surface area contributed by atoms with E-state index in [9.17, 15) is 24.3 Å². The highest BCUT2D eigenvalue weighted by Crippen LogP contribution is 2.29. The van der Waals surface area contributed by atoms with Gasteiger partial charge in [-0.3, -0.25) is 19.2 Å². The maximum Gasteiger partial charge on any atom is 0.299 e. The molecule has 8 nitrogen and oxygen atoms in total. The molecule has 0 fully saturated rings. The van der Waals surface area contributed by atoms with E-state index in [1.54, 1.807) is 55.5 Å². The number of β-amino-alcohol motifs (C(OH)–C–C–N with tert-alkyl or cyclic N) is 2. The molecule has 1 unspecified atom stereocenters. The normalized spacial score (nSPS) is 15.8. The van der Waals surface area contributed by atoms with Crippen LogP contribution in [0.4, 0.5) is 11.4 Å². The highest BCUT2D eigenvalue weighted by atomic mass is 16.3. The number of carbonyl (C=O) groups excluding carboxylic acids is 4. The third-order valence-electron chi connectivity index (χ3n) is 4.53. The number of para-hydroxylation sites is 2. The van der Waals surface area contributed by atoms with Crippen LogP contribution in [0.3, 0.4) is 0 Å². The molecule has 29 heavy (non-hydrogen) atoms. The van der Waals surface area contributed by atoms with E-state index in [4.69, 9.17) is 5.11 Å². The lowest BCUT2D eigenvalue weighted by Crippen LogP contribution is -2.35. The van der Waals surface area contributed by atoms with Crippen molar-refractivity contribution in [2.45, 2.75) is 13.0 Å². The molecule has 0 bridgehead atoms. The minimum Gasteiger partial charge on any atom is -0.395 e. The Kier molecular flexibility index (Phi) is 5.86. The van der Waals surface area contributed by atoms with Crippen LogP contribution < -0.4 is 9.80 Å². The average molecular weight is 396 g/mol. The molecular formula is C21H20N2O6. The molecule has 1 atom stereocenters. The molecular weight excluding hydrogens is 376 g/mol. The number of rotatable bonds is 4. The summed E-state index contributed by atoms with van der Waals surface area (Å²) in [6.45, 7) is 1.76. The van der Waals surface area contributed by atoms with Gasteiger partial charge in [0.15, 0.2) is 0 Å². The van der Waals surface area contributed by atoms with Crippen LogP contribution in [0.1, 0.15) is 27.6 Å². The molecule has 0 saturated carbocycles. The van der Waals surface area contributed by atoms with Crippen LogP contribution in [0, 0.1) is 0 Å². The lowest BCUT2D eigenvalue weighted by atomic mass is 10.1. The number of hydrogen-bond acceptors (Lipinski definition) is 6. The number of fused-ring (bicyclic) bond motifs is 2. The Morgan fingerprint density at radius 1 is 0.793 bits per heavy atom. The van der Waals surface area contributed by atoms with Crippen LogP contribution in [-0.4, -0.2) is 59.4 Å². The first-order valence-electron chi connectivity index (χ1n) is 9.06. The quantitative estimate of drug-likeness (QED) is 0.739. The van der Waals surface area contributed by atoms with Crippen LogP contribution in [0.5, 0.6) is 0 Å². The molecule has 2 N–H and O–H groups in total. The predicted molar refractivity (Wildman–Crippen MR) is 105 cm³/mol. The zero-order chi connectivity index (χ0) is 21.1. The van der Waals surface area contributed by atoms with Crippen molar-refractivity contribution in [3.8, 4) is 0 Å². The van der Waals surface area contributed by atoms with Crippen molar-refractivity contribution < 1.29 is 29.4 Å². The summed E-state index contributed by atoms with van der Waals surface area (Å²) >= 11 is 0. The highest BCUT2D eigenvalue weighted by molar-refractivity contribution is 6.52. The third-order valence-corrected chi connectivity index (χ3v) is 4.53. The summed E-state index contributed by atoms with van der Waals surface area (Å²) in [5.41, 5.74) is 2.03. The fraction of sp³-hybridized carbons (Fsp3) is 0.238. The molecule has 0 spiro atoms. The van der Waals surface area contributed by atoms with Gasteiger partial charge in [-0.2, -0.15) is 0 Å². The maximum atomic E-state index is 11.6. The molecule has 2 aliphatic rings. The zero-order valence-electron chi connectivity index (χ0n) is 15.7. The third kappa shape index (κ3) is 3.80. The fourth-order valence-corrected chi connectivity index (χ4v) is 3.26. The molecule has 2 amide bonds. The SMILES string of the molecule is CC(O)CN1C(=O)C(=O)c2ccccc21.O=C1C(=O)N(CCO)c2ccccc21. The lowest BCUT2D eigenvalue weighted by molar-refractivity contribution is -0.115. The first-order chi connectivity index (χ1) is 13.9. The van der Waals surface area contributed by atoms with Crippen LogP contribution in [-0.2, 0) is 9.59 Å². The standard InChI is InChI=1S/C11H11NO3.C10H9NO3/c1-7(13)6-12-9-5-3-2-4-8(9)10(14)11(12)15;12-6-5-11-8-4-2-1-3-7(8)9(13)10(11)14/h2-5,7,13H,6H2,1H3;1-4,12H,5-6H2. The molecule has 150 valence electrons. The van der Waals surface area contributed by atoms with Gasteiger partial charge in [-0.15, -0.1) is 0 Å². The van der Waals surface area contributed by atoms with Crippen LogP contribution in [0.15, 0.2) is 48.5 Å². The minimum atomic E-state index is -0.645. The lowest BCUT2D eigenvalue weighted by Gasteiger charge is -2.17. The van der Waals surface area contributed by atoms with E-state index in [2.05, 4.69) is 0 Å². The monoisotopic (exact) mass is 396 g/mol. The molecule has 8 heteroatoms. The number of amides is 2. The number of ketones is 2. The Labute approximate surface area is 167 Å². The second-order valence-corrected chi connectivity index (χ2v) is 6.64. The van der Waals surface area contributed by atoms with Gasteiger partial charge in [-0.25, -0.2) is 0 Å². The van der Waals surface area contributed by atoms with Crippen molar-refractivity contribution in [3.05, 3.63) is 59.7 Å². The summed E-state index contributed by atoms with van der Waals surface area (Å²) < 4.78 is 0. The van der Waals surface area contributed by atoms with Gasteiger partial charge >= 0.3 is 0 Å². The first-order valence-corrected chi connectivity index (χ1v) is 9.06. The molecule has 0 saturated heterocycles. The van der Waals surface area contributed by atoms with E-state index in [0.717, 1.165) is 0 Å². The molecule has 4 rings (SSSR count). The van der Waals surface area contributed by atoms with E-state index in [1.165, 1.54) is 9.80 Å². The summed E-state index contributed by atoms with van der Waals surface area (Å²) in [6.07, 6.45) is -0.645. The molecule has 2 aromatic carbocycles. The van der Waals surface area contributed by atoms with Crippen molar-refractivity contribution in [1.82, 2.24) is 0 Å². The molecule has 2 aromatic rings. The Balaban J connectivity index is 0.000000166. The summed E-state index contributed by atoms with van der Waals surface area (Å²) in [6, 6.07) is 13.6. The number of benzene rings is 2. The number of nitrogens with zero attached hydrogens (tertiary/aromatic N) is 2. The van der Waals surface area contributed by atoms with E-state index in [1.807, 2.05) is 0 Å². The summed E-state index contributed by atoms with van der Waals surface area (Å²) in [5, 5.41) is 18.0.